The van der Waals surface area contributed by atoms with Gasteiger partial charge in [-0.3, -0.25) is 15.0 Å². The largest absolute Gasteiger partial charge is 0.368 e. The Morgan fingerprint density at radius 1 is 1.64 bits per heavy atom. The molecule has 0 saturated heterocycles. The van der Waals surface area contributed by atoms with E-state index in [4.69, 9.17) is 5.73 Å². The van der Waals surface area contributed by atoms with Crippen LogP contribution in [0.15, 0.2) is 11.1 Å². The minimum Gasteiger partial charge on any atom is -0.368 e. The Morgan fingerprint density at radius 3 is 3.14 bits per heavy atom. The lowest BCUT2D eigenvalue weighted by molar-refractivity contribution is -0.106. The first kappa shape index (κ1) is 8.23. The van der Waals surface area contributed by atoms with Crippen molar-refractivity contribution in [1.82, 2.24) is 19.6 Å². The SMILES string of the molecule is Nc1nc2nc[nH]c2c(=O)n1NC=O. The second kappa shape index (κ2) is 2.83. The van der Waals surface area contributed by atoms with Gasteiger partial charge in [-0.1, -0.05) is 0 Å². The van der Waals surface area contributed by atoms with E-state index in [1.54, 1.807) is 0 Å². The Kier molecular flexibility index (Phi) is 1.67. The Labute approximate surface area is 76.7 Å². The third-order valence-corrected chi connectivity index (χ3v) is 1.67. The van der Waals surface area contributed by atoms with Gasteiger partial charge in [-0.2, -0.15) is 9.66 Å². The summed E-state index contributed by atoms with van der Waals surface area (Å²) in [5, 5.41) is 0. The van der Waals surface area contributed by atoms with Gasteiger partial charge in [-0.25, -0.2) is 4.98 Å². The number of amides is 1. The summed E-state index contributed by atoms with van der Waals surface area (Å²) < 4.78 is 0.827. The average Bonchev–Trinajstić information content (AvgIpc) is 2.60. The van der Waals surface area contributed by atoms with Crippen LogP contribution in [0.3, 0.4) is 0 Å². The number of hydrogen-bond acceptors (Lipinski definition) is 5. The molecule has 2 aromatic heterocycles. The van der Waals surface area contributed by atoms with Gasteiger partial charge in [0.1, 0.15) is 0 Å². The third-order valence-electron chi connectivity index (χ3n) is 1.67. The maximum Gasteiger partial charge on any atom is 0.300 e. The lowest BCUT2D eigenvalue weighted by Gasteiger charge is -2.04. The molecule has 0 radical (unpaired) electrons. The monoisotopic (exact) mass is 194 g/mol. The number of anilines is 1. The summed E-state index contributed by atoms with van der Waals surface area (Å²) in [6.45, 7) is 0. The Morgan fingerprint density at radius 2 is 2.43 bits per heavy atom. The maximum atomic E-state index is 11.6. The number of hydrogen-bond donors (Lipinski definition) is 3. The van der Waals surface area contributed by atoms with Gasteiger partial charge in [0.2, 0.25) is 12.4 Å². The normalized spacial score (nSPS) is 10.3. The molecule has 0 aromatic carbocycles. The molecule has 0 spiro atoms. The number of imidazole rings is 1. The summed E-state index contributed by atoms with van der Waals surface area (Å²) in [7, 11) is 0. The summed E-state index contributed by atoms with van der Waals surface area (Å²) in [5.74, 6) is -0.123. The molecular formula is C6H6N6O2. The maximum absolute atomic E-state index is 11.6. The van der Waals surface area contributed by atoms with Crippen molar-refractivity contribution in [2.75, 3.05) is 11.2 Å². The van der Waals surface area contributed by atoms with Crippen molar-refractivity contribution in [2.24, 2.45) is 0 Å². The summed E-state index contributed by atoms with van der Waals surface area (Å²) in [6.07, 6.45) is 1.66. The molecule has 14 heavy (non-hydrogen) atoms. The number of nitrogens with zero attached hydrogens (tertiary/aromatic N) is 3. The van der Waals surface area contributed by atoms with E-state index in [1.165, 1.54) is 6.33 Å². The molecule has 2 rings (SSSR count). The van der Waals surface area contributed by atoms with Crippen LogP contribution >= 0.6 is 0 Å². The predicted molar refractivity (Wildman–Crippen MR) is 48.0 cm³/mol. The predicted octanol–water partition coefficient (Wildman–Crippen LogP) is -1.60. The molecule has 0 unspecified atom stereocenters. The number of aromatic amines is 1. The zero-order valence-corrected chi connectivity index (χ0v) is 6.89. The fraction of sp³-hybridized carbons (Fsp3) is 0. The third kappa shape index (κ3) is 1.01. The van der Waals surface area contributed by atoms with Gasteiger partial charge < -0.3 is 10.7 Å². The number of rotatable bonds is 2. The molecule has 0 fully saturated rings. The molecular weight excluding hydrogens is 188 g/mol. The summed E-state index contributed by atoms with van der Waals surface area (Å²) in [6, 6.07) is 0. The van der Waals surface area contributed by atoms with Crippen LogP contribution in [0.5, 0.6) is 0 Å². The van der Waals surface area contributed by atoms with Crippen molar-refractivity contribution in [3.8, 4) is 0 Å². The molecule has 2 aromatic rings. The fourth-order valence-corrected chi connectivity index (χ4v) is 1.08. The van der Waals surface area contributed by atoms with Crippen LogP contribution in [0.25, 0.3) is 11.2 Å². The van der Waals surface area contributed by atoms with Crippen LogP contribution in [-0.4, -0.2) is 26.0 Å². The van der Waals surface area contributed by atoms with E-state index in [9.17, 15) is 9.59 Å². The van der Waals surface area contributed by atoms with Gasteiger partial charge in [0, 0.05) is 0 Å². The molecule has 0 aliphatic heterocycles. The number of nitrogen functional groups attached to an aromatic ring is 1. The highest BCUT2D eigenvalue weighted by Gasteiger charge is 2.09. The number of nitrogens with two attached hydrogens (primary N) is 1. The molecule has 8 nitrogen and oxygen atoms in total. The van der Waals surface area contributed by atoms with Crippen LogP contribution < -0.4 is 16.7 Å². The van der Waals surface area contributed by atoms with Gasteiger partial charge in [0.05, 0.1) is 6.33 Å². The quantitative estimate of drug-likeness (QED) is 0.497. The van der Waals surface area contributed by atoms with Crippen molar-refractivity contribution in [2.45, 2.75) is 0 Å². The highest BCUT2D eigenvalue weighted by atomic mass is 16.2. The fourth-order valence-electron chi connectivity index (χ4n) is 1.08. The van der Waals surface area contributed by atoms with Crippen molar-refractivity contribution < 1.29 is 4.79 Å². The topological polar surface area (TPSA) is 119 Å². The lowest BCUT2D eigenvalue weighted by atomic mass is 10.5. The van der Waals surface area contributed by atoms with Gasteiger partial charge in [0.15, 0.2) is 11.2 Å². The molecule has 4 N–H and O–H groups in total. The second-order valence-electron chi connectivity index (χ2n) is 2.46. The summed E-state index contributed by atoms with van der Waals surface area (Å²) in [4.78, 5) is 31.9. The van der Waals surface area contributed by atoms with Crippen molar-refractivity contribution in [3.05, 3.63) is 16.7 Å². The van der Waals surface area contributed by atoms with Gasteiger partial charge in [0.25, 0.3) is 5.56 Å². The smallest absolute Gasteiger partial charge is 0.300 e. The number of carbonyl (C=O) groups is 1. The molecule has 2 heterocycles. The summed E-state index contributed by atoms with van der Waals surface area (Å²) >= 11 is 0. The van der Waals surface area contributed by atoms with E-state index in [0.29, 0.717) is 6.41 Å². The van der Waals surface area contributed by atoms with Crippen molar-refractivity contribution in [3.63, 3.8) is 0 Å². The zero-order chi connectivity index (χ0) is 10.1. The number of carbonyl (C=O) groups excluding carboxylic acids is 1. The van der Waals surface area contributed by atoms with Crippen LogP contribution in [0.1, 0.15) is 0 Å². The molecule has 0 atom stereocenters. The number of aromatic nitrogens is 4. The van der Waals surface area contributed by atoms with Crippen LogP contribution in [0.2, 0.25) is 0 Å². The lowest BCUT2D eigenvalue weighted by Crippen LogP contribution is -2.31. The molecule has 0 aliphatic rings. The van der Waals surface area contributed by atoms with E-state index in [1.807, 2.05) is 0 Å². The van der Waals surface area contributed by atoms with Gasteiger partial charge in [-0.15, -0.1) is 0 Å². The van der Waals surface area contributed by atoms with E-state index in [2.05, 4.69) is 20.4 Å². The number of fused-ring (bicyclic) bond motifs is 1. The summed E-state index contributed by atoms with van der Waals surface area (Å²) in [5.41, 5.74) is 7.43. The Bertz CT molecular complexity index is 541. The zero-order valence-electron chi connectivity index (χ0n) is 6.89. The highest BCUT2D eigenvalue weighted by molar-refractivity contribution is 5.70. The van der Waals surface area contributed by atoms with Crippen molar-refractivity contribution >= 4 is 23.5 Å². The second-order valence-corrected chi connectivity index (χ2v) is 2.46. The standard InChI is InChI=1S/C6H6N6O2/c7-6-11-4-3(8-1-9-4)5(14)12(6)10-2-13/h1-2H,(H2,7,11)(H,8,9)(H,10,13). The number of H-pyrrole nitrogens is 1. The number of nitrogens with one attached hydrogen (secondary N) is 2. The van der Waals surface area contributed by atoms with E-state index in [-0.39, 0.29) is 17.1 Å². The first-order valence-corrected chi connectivity index (χ1v) is 3.66. The molecule has 0 bridgehead atoms. The molecule has 0 aliphatic carbocycles. The van der Waals surface area contributed by atoms with Gasteiger partial charge >= 0.3 is 0 Å². The van der Waals surface area contributed by atoms with Crippen molar-refractivity contribution in [1.29, 1.82) is 0 Å². The van der Waals surface area contributed by atoms with E-state index >= 15 is 0 Å². The molecule has 8 heteroatoms. The molecule has 0 saturated carbocycles. The molecule has 72 valence electrons. The average molecular weight is 194 g/mol. The molecule has 1 amide bonds. The van der Waals surface area contributed by atoms with E-state index < -0.39 is 5.56 Å². The highest BCUT2D eigenvalue weighted by Crippen LogP contribution is 2.01. The van der Waals surface area contributed by atoms with Crippen LogP contribution in [0.4, 0.5) is 5.95 Å². The first-order chi connectivity index (χ1) is 6.74. The Balaban J connectivity index is 2.82. The first-order valence-electron chi connectivity index (χ1n) is 3.66. The van der Waals surface area contributed by atoms with Crippen LogP contribution in [0, 0.1) is 0 Å². The van der Waals surface area contributed by atoms with Crippen LogP contribution in [-0.2, 0) is 4.79 Å². The van der Waals surface area contributed by atoms with Gasteiger partial charge in [-0.05, 0) is 0 Å². The Hall–Kier alpha value is -2.38. The van der Waals surface area contributed by atoms with E-state index in [0.717, 1.165) is 4.68 Å². The minimum absolute atomic E-state index is 0.123. The minimum atomic E-state index is -0.503.